The third kappa shape index (κ3) is 3.18. The van der Waals surface area contributed by atoms with Crippen LogP contribution >= 0.6 is 11.3 Å². The highest BCUT2D eigenvalue weighted by Crippen LogP contribution is 2.15. The van der Waals surface area contributed by atoms with Gasteiger partial charge in [0.15, 0.2) is 5.01 Å². The number of nitrogens with zero attached hydrogens (tertiary/aromatic N) is 1. The molecule has 0 aliphatic rings. The monoisotopic (exact) mass is 293 g/mol. The Balaban J connectivity index is 2.06. The van der Waals surface area contributed by atoms with Gasteiger partial charge in [0.1, 0.15) is 11.5 Å². The quantitative estimate of drug-likeness (QED) is 0.902. The summed E-state index contributed by atoms with van der Waals surface area (Å²) in [5.41, 5.74) is 5.98. The highest BCUT2D eigenvalue weighted by atomic mass is 32.1. The fraction of sp³-hybridized carbons (Fsp3) is 0.154. The third-order valence-corrected chi connectivity index (χ3v) is 3.52. The van der Waals surface area contributed by atoms with E-state index >= 15 is 0 Å². The summed E-state index contributed by atoms with van der Waals surface area (Å²) in [5, 5.41) is 4.27. The molecule has 0 spiro atoms. The lowest BCUT2D eigenvalue weighted by atomic mass is 10.1. The molecule has 3 N–H and O–H groups in total. The van der Waals surface area contributed by atoms with Crippen molar-refractivity contribution in [1.29, 1.82) is 0 Å². The fourth-order valence-corrected chi connectivity index (χ4v) is 2.25. The Labute approximate surface area is 118 Å². The van der Waals surface area contributed by atoms with Crippen LogP contribution in [0.2, 0.25) is 0 Å². The molecule has 5 nitrogen and oxygen atoms in total. The second kappa shape index (κ2) is 5.79. The summed E-state index contributed by atoms with van der Waals surface area (Å²) in [6.45, 7) is 1.77. The summed E-state index contributed by atoms with van der Waals surface area (Å²) in [6.07, 6.45) is 0. The summed E-state index contributed by atoms with van der Waals surface area (Å²) in [7, 11) is 0. The van der Waals surface area contributed by atoms with Crippen LogP contribution in [0.5, 0.6) is 0 Å². The fourth-order valence-electron chi connectivity index (χ4n) is 1.60. The molecule has 0 saturated carbocycles. The molecule has 0 radical (unpaired) electrons. The number of thiazole rings is 1. The number of nitrogens with one attached hydrogen (secondary N) is 1. The van der Waals surface area contributed by atoms with Crippen molar-refractivity contribution < 1.29 is 14.0 Å². The van der Waals surface area contributed by atoms with E-state index in [-0.39, 0.29) is 22.6 Å². The first-order valence-electron chi connectivity index (χ1n) is 5.79. The number of hydrogen-bond acceptors (Lipinski definition) is 4. The number of hydrogen-bond donors (Lipinski definition) is 2. The molecule has 1 aromatic heterocycles. The average Bonchev–Trinajstić information content (AvgIpc) is 2.89. The maximum Gasteiger partial charge on any atom is 0.277 e. The number of primary amides is 1. The van der Waals surface area contributed by atoms with Crippen molar-refractivity contribution in [2.24, 2.45) is 5.73 Å². The van der Waals surface area contributed by atoms with Gasteiger partial charge in [0, 0.05) is 5.38 Å². The molecule has 2 rings (SSSR count). The Hall–Kier alpha value is -2.28. The molecule has 7 heteroatoms. The van der Waals surface area contributed by atoms with Gasteiger partial charge < -0.3 is 11.1 Å². The van der Waals surface area contributed by atoms with Gasteiger partial charge in [0.05, 0.1) is 6.04 Å². The number of nitrogens with two attached hydrogens (primary N) is 1. The predicted molar refractivity (Wildman–Crippen MR) is 72.9 cm³/mol. The van der Waals surface area contributed by atoms with Crippen molar-refractivity contribution in [3.8, 4) is 0 Å². The molecule has 0 aliphatic carbocycles. The smallest absolute Gasteiger partial charge is 0.277 e. The zero-order valence-corrected chi connectivity index (χ0v) is 11.4. The van der Waals surface area contributed by atoms with Gasteiger partial charge in [-0.05, 0) is 24.6 Å². The second-order valence-electron chi connectivity index (χ2n) is 4.15. The SMILES string of the molecule is CC(NC(=O)c1csc(C(N)=O)n1)c1ccc(F)cc1. The van der Waals surface area contributed by atoms with Crippen LogP contribution in [0, 0.1) is 5.82 Å². The van der Waals surface area contributed by atoms with Gasteiger partial charge in [0.2, 0.25) is 0 Å². The number of halogens is 1. The zero-order valence-electron chi connectivity index (χ0n) is 10.6. The van der Waals surface area contributed by atoms with E-state index in [9.17, 15) is 14.0 Å². The number of carbonyl (C=O) groups excluding carboxylic acids is 2. The predicted octanol–water partition coefficient (Wildman–Crippen LogP) is 1.87. The molecule has 0 bridgehead atoms. The Morgan fingerprint density at radius 3 is 2.55 bits per heavy atom. The number of carbonyl (C=O) groups is 2. The molecule has 0 saturated heterocycles. The van der Waals surface area contributed by atoms with E-state index in [1.165, 1.54) is 17.5 Å². The molecule has 104 valence electrons. The number of benzene rings is 1. The molecule has 1 heterocycles. The molecule has 2 amide bonds. The van der Waals surface area contributed by atoms with Crippen LogP contribution < -0.4 is 11.1 Å². The van der Waals surface area contributed by atoms with Crippen LogP contribution in [0.25, 0.3) is 0 Å². The molecule has 1 unspecified atom stereocenters. The largest absolute Gasteiger partial charge is 0.364 e. The summed E-state index contributed by atoms with van der Waals surface area (Å²) in [5.74, 6) is -1.41. The molecular formula is C13H12FN3O2S. The minimum atomic E-state index is -0.666. The van der Waals surface area contributed by atoms with Crippen molar-refractivity contribution in [3.63, 3.8) is 0 Å². The van der Waals surface area contributed by atoms with Gasteiger partial charge in [-0.3, -0.25) is 9.59 Å². The topological polar surface area (TPSA) is 85.1 Å². The minimum absolute atomic E-state index is 0.0876. The van der Waals surface area contributed by atoms with Crippen molar-refractivity contribution >= 4 is 23.2 Å². The van der Waals surface area contributed by atoms with Crippen LogP contribution in [-0.2, 0) is 0 Å². The molecule has 0 aliphatic heterocycles. The van der Waals surface area contributed by atoms with E-state index in [4.69, 9.17) is 5.73 Å². The Morgan fingerprint density at radius 2 is 2.00 bits per heavy atom. The van der Waals surface area contributed by atoms with Crippen LogP contribution in [-0.4, -0.2) is 16.8 Å². The molecule has 0 fully saturated rings. The lowest BCUT2D eigenvalue weighted by Gasteiger charge is -2.13. The average molecular weight is 293 g/mol. The summed E-state index contributed by atoms with van der Waals surface area (Å²) in [4.78, 5) is 26.7. The highest BCUT2D eigenvalue weighted by molar-refractivity contribution is 7.11. The van der Waals surface area contributed by atoms with E-state index in [2.05, 4.69) is 10.3 Å². The zero-order chi connectivity index (χ0) is 14.7. The minimum Gasteiger partial charge on any atom is -0.364 e. The standard InChI is InChI=1S/C13H12FN3O2S/c1-7(8-2-4-9(14)5-3-8)16-12(19)10-6-20-13(17-10)11(15)18/h2-7H,1H3,(H2,15,18)(H,16,19). The maximum absolute atomic E-state index is 12.8. The van der Waals surface area contributed by atoms with Gasteiger partial charge >= 0.3 is 0 Å². The number of amides is 2. The van der Waals surface area contributed by atoms with Crippen molar-refractivity contribution in [2.75, 3.05) is 0 Å². The lowest BCUT2D eigenvalue weighted by Crippen LogP contribution is -2.27. The van der Waals surface area contributed by atoms with Crippen molar-refractivity contribution in [2.45, 2.75) is 13.0 Å². The highest BCUT2D eigenvalue weighted by Gasteiger charge is 2.16. The summed E-state index contributed by atoms with van der Waals surface area (Å²) >= 11 is 1.01. The van der Waals surface area contributed by atoms with Crippen molar-refractivity contribution in [3.05, 3.63) is 51.7 Å². The maximum atomic E-state index is 12.8. The van der Waals surface area contributed by atoms with Crippen LogP contribution in [0.15, 0.2) is 29.6 Å². The van der Waals surface area contributed by atoms with Gasteiger partial charge in [0.25, 0.3) is 11.8 Å². The normalized spacial score (nSPS) is 11.9. The third-order valence-electron chi connectivity index (χ3n) is 2.67. The first-order chi connectivity index (χ1) is 9.47. The van der Waals surface area contributed by atoms with Gasteiger partial charge in [-0.15, -0.1) is 11.3 Å². The Kier molecular flexibility index (Phi) is 4.09. The van der Waals surface area contributed by atoms with Crippen LogP contribution in [0.1, 0.15) is 38.8 Å². The van der Waals surface area contributed by atoms with E-state index in [0.29, 0.717) is 0 Å². The van der Waals surface area contributed by atoms with E-state index in [1.54, 1.807) is 19.1 Å². The second-order valence-corrected chi connectivity index (χ2v) is 5.01. The molecule has 2 aromatic rings. The lowest BCUT2D eigenvalue weighted by molar-refractivity contribution is 0.0935. The van der Waals surface area contributed by atoms with Gasteiger partial charge in [-0.1, -0.05) is 12.1 Å². The van der Waals surface area contributed by atoms with Crippen LogP contribution in [0.4, 0.5) is 4.39 Å². The molecular weight excluding hydrogens is 281 g/mol. The van der Waals surface area contributed by atoms with Gasteiger partial charge in [-0.25, -0.2) is 9.37 Å². The first-order valence-corrected chi connectivity index (χ1v) is 6.67. The Bertz CT molecular complexity index is 639. The van der Waals surface area contributed by atoms with E-state index in [0.717, 1.165) is 16.9 Å². The molecule has 1 aromatic carbocycles. The number of rotatable bonds is 4. The van der Waals surface area contributed by atoms with E-state index < -0.39 is 11.8 Å². The van der Waals surface area contributed by atoms with Gasteiger partial charge in [-0.2, -0.15) is 0 Å². The Morgan fingerprint density at radius 1 is 1.35 bits per heavy atom. The first kappa shape index (κ1) is 14.1. The van der Waals surface area contributed by atoms with Crippen molar-refractivity contribution in [1.82, 2.24) is 10.3 Å². The van der Waals surface area contributed by atoms with E-state index in [1.807, 2.05) is 0 Å². The van der Waals surface area contributed by atoms with Crippen LogP contribution in [0.3, 0.4) is 0 Å². The summed E-state index contributed by atoms with van der Waals surface area (Å²) in [6, 6.07) is 5.53. The number of aromatic nitrogens is 1. The molecule has 20 heavy (non-hydrogen) atoms. The summed E-state index contributed by atoms with van der Waals surface area (Å²) < 4.78 is 12.8. The molecule has 1 atom stereocenters.